The van der Waals surface area contributed by atoms with Gasteiger partial charge in [-0.2, -0.15) is 0 Å². The van der Waals surface area contributed by atoms with Crippen molar-refractivity contribution in [3.8, 4) is 0 Å². The van der Waals surface area contributed by atoms with E-state index in [1.54, 1.807) is 32.0 Å². The molecule has 0 radical (unpaired) electrons. The highest BCUT2D eigenvalue weighted by atomic mass is 35.5. The Bertz CT molecular complexity index is 409. The molecule has 102 valence electrons. The molecule has 1 rings (SSSR count). The smallest absolute Gasteiger partial charge is 0.287 e. The standard InChI is InChI=1S/C11H15Cl2O4P/c1-3-15-18(14,16-4-2)17-8-9-5-10(12)7-11(13)6-9/h5-7H,3-4,8H2,1-2H3. The number of benzene rings is 1. The van der Waals surface area contributed by atoms with E-state index in [0.717, 1.165) is 0 Å². The van der Waals surface area contributed by atoms with Crippen LogP contribution in [0.4, 0.5) is 0 Å². The first kappa shape index (κ1) is 16.0. The van der Waals surface area contributed by atoms with E-state index in [0.29, 0.717) is 15.6 Å². The van der Waals surface area contributed by atoms with Crippen molar-refractivity contribution in [3.05, 3.63) is 33.8 Å². The average Bonchev–Trinajstić information content (AvgIpc) is 2.26. The summed E-state index contributed by atoms with van der Waals surface area (Å²) >= 11 is 11.7. The van der Waals surface area contributed by atoms with Gasteiger partial charge < -0.3 is 0 Å². The molecule has 0 aliphatic carbocycles. The lowest BCUT2D eigenvalue weighted by molar-refractivity contribution is 0.116. The predicted molar refractivity (Wildman–Crippen MR) is 72.1 cm³/mol. The lowest BCUT2D eigenvalue weighted by Gasteiger charge is -2.16. The van der Waals surface area contributed by atoms with Crippen molar-refractivity contribution in [1.82, 2.24) is 0 Å². The predicted octanol–water partition coefficient (Wildman–Crippen LogP) is 4.69. The second kappa shape index (κ2) is 7.49. The van der Waals surface area contributed by atoms with Crippen LogP contribution in [-0.2, 0) is 24.7 Å². The molecule has 0 saturated carbocycles. The molecule has 4 nitrogen and oxygen atoms in total. The van der Waals surface area contributed by atoms with Crippen LogP contribution < -0.4 is 0 Å². The zero-order valence-corrected chi connectivity index (χ0v) is 12.6. The molecule has 0 unspecified atom stereocenters. The van der Waals surface area contributed by atoms with E-state index in [1.165, 1.54) is 0 Å². The van der Waals surface area contributed by atoms with Gasteiger partial charge >= 0.3 is 7.82 Å². The zero-order valence-electron chi connectivity index (χ0n) is 10.2. The highest BCUT2D eigenvalue weighted by molar-refractivity contribution is 7.48. The second-order valence-corrected chi connectivity index (χ2v) is 5.88. The van der Waals surface area contributed by atoms with Crippen molar-refractivity contribution in [2.24, 2.45) is 0 Å². The first-order valence-corrected chi connectivity index (χ1v) is 7.69. The Kier molecular flexibility index (Phi) is 6.64. The third kappa shape index (κ3) is 5.27. The van der Waals surface area contributed by atoms with Crippen molar-refractivity contribution in [3.63, 3.8) is 0 Å². The molecule has 0 atom stereocenters. The highest BCUT2D eigenvalue weighted by Crippen LogP contribution is 2.49. The van der Waals surface area contributed by atoms with Crippen LogP contribution in [0.25, 0.3) is 0 Å². The average molecular weight is 313 g/mol. The number of phosphoric ester groups is 1. The van der Waals surface area contributed by atoms with Gasteiger partial charge in [-0.3, -0.25) is 13.6 Å². The Morgan fingerprint density at radius 1 is 1.00 bits per heavy atom. The minimum atomic E-state index is -3.50. The van der Waals surface area contributed by atoms with Gasteiger partial charge in [0.15, 0.2) is 0 Å². The minimum Gasteiger partial charge on any atom is -0.287 e. The fourth-order valence-electron chi connectivity index (χ4n) is 1.28. The molecule has 0 N–H and O–H groups in total. The highest BCUT2D eigenvalue weighted by Gasteiger charge is 2.25. The molecule has 1 aromatic carbocycles. The van der Waals surface area contributed by atoms with Crippen LogP contribution in [0.1, 0.15) is 19.4 Å². The normalized spacial score (nSPS) is 11.8. The zero-order chi connectivity index (χ0) is 13.6. The summed E-state index contributed by atoms with van der Waals surface area (Å²) < 4.78 is 27.2. The third-order valence-corrected chi connectivity index (χ3v) is 3.92. The first-order valence-electron chi connectivity index (χ1n) is 5.47. The summed E-state index contributed by atoms with van der Waals surface area (Å²) in [5.74, 6) is 0. The first-order chi connectivity index (χ1) is 8.49. The lowest BCUT2D eigenvalue weighted by Crippen LogP contribution is -2.00. The lowest BCUT2D eigenvalue weighted by atomic mass is 10.2. The number of rotatable bonds is 7. The van der Waals surface area contributed by atoms with Gasteiger partial charge in [-0.25, -0.2) is 4.57 Å². The Morgan fingerprint density at radius 3 is 1.94 bits per heavy atom. The van der Waals surface area contributed by atoms with Crippen LogP contribution in [0.5, 0.6) is 0 Å². The Balaban J connectivity index is 2.69. The summed E-state index contributed by atoms with van der Waals surface area (Å²) in [7, 11) is -3.50. The Labute approximate surface area is 117 Å². The van der Waals surface area contributed by atoms with E-state index in [-0.39, 0.29) is 19.8 Å². The van der Waals surface area contributed by atoms with Crippen molar-refractivity contribution in [1.29, 1.82) is 0 Å². The van der Waals surface area contributed by atoms with Crippen LogP contribution in [0.15, 0.2) is 18.2 Å². The van der Waals surface area contributed by atoms with Gasteiger partial charge in [0.25, 0.3) is 0 Å². The number of hydrogen-bond acceptors (Lipinski definition) is 4. The fourth-order valence-corrected chi connectivity index (χ4v) is 3.01. The summed E-state index contributed by atoms with van der Waals surface area (Å²) in [5.41, 5.74) is 0.701. The number of halogens is 2. The van der Waals surface area contributed by atoms with E-state index in [2.05, 4.69) is 0 Å². The number of hydrogen-bond donors (Lipinski definition) is 0. The molecule has 0 saturated heterocycles. The van der Waals surface area contributed by atoms with Crippen molar-refractivity contribution < 1.29 is 18.1 Å². The molecule has 0 fully saturated rings. The van der Waals surface area contributed by atoms with E-state index in [9.17, 15) is 4.57 Å². The molecular weight excluding hydrogens is 298 g/mol. The number of phosphoric acid groups is 1. The summed E-state index contributed by atoms with van der Waals surface area (Å²) in [6, 6.07) is 4.96. The molecule has 1 aromatic rings. The molecule has 0 amide bonds. The third-order valence-electron chi connectivity index (χ3n) is 1.89. The van der Waals surface area contributed by atoms with Gasteiger partial charge in [0.1, 0.15) is 0 Å². The molecule has 18 heavy (non-hydrogen) atoms. The fraction of sp³-hybridized carbons (Fsp3) is 0.455. The van der Waals surface area contributed by atoms with Gasteiger partial charge in [-0.15, -0.1) is 0 Å². The monoisotopic (exact) mass is 312 g/mol. The van der Waals surface area contributed by atoms with Crippen molar-refractivity contribution in [2.45, 2.75) is 20.5 Å². The largest absolute Gasteiger partial charge is 0.475 e. The Morgan fingerprint density at radius 2 is 1.50 bits per heavy atom. The molecule has 0 aromatic heterocycles. The summed E-state index contributed by atoms with van der Waals surface area (Å²) in [6.07, 6.45) is 0. The van der Waals surface area contributed by atoms with Crippen LogP contribution in [-0.4, -0.2) is 13.2 Å². The Hall–Kier alpha value is -0.0900. The van der Waals surface area contributed by atoms with Crippen LogP contribution >= 0.6 is 31.0 Å². The quantitative estimate of drug-likeness (QED) is 0.685. The second-order valence-electron chi connectivity index (χ2n) is 3.33. The van der Waals surface area contributed by atoms with E-state index in [4.69, 9.17) is 36.8 Å². The molecule has 0 spiro atoms. The van der Waals surface area contributed by atoms with Gasteiger partial charge in [-0.1, -0.05) is 23.2 Å². The molecule has 0 aliphatic rings. The molecule has 0 heterocycles. The van der Waals surface area contributed by atoms with Crippen molar-refractivity contribution >= 4 is 31.0 Å². The summed E-state index contributed by atoms with van der Waals surface area (Å²) in [5, 5.41) is 0.979. The van der Waals surface area contributed by atoms with Crippen LogP contribution in [0.3, 0.4) is 0 Å². The van der Waals surface area contributed by atoms with E-state index in [1.807, 2.05) is 0 Å². The van der Waals surface area contributed by atoms with Crippen molar-refractivity contribution in [2.75, 3.05) is 13.2 Å². The summed E-state index contributed by atoms with van der Waals surface area (Å²) in [4.78, 5) is 0. The molecule has 7 heteroatoms. The molecule has 0 aliphatic heterocycles. The van der Waals surface area contributed by atoms with Gasteiger partial charge in [0, 0.05) is 10.0 Å². The van der Waals surface area contributed by atoms with Gasteiger partial charge in [0.2, 0.25) is 0 Å². The van der Waals surface area contributed by atoms with E-state index < -0.39 is 7.82 Å². The van der Waals surface area contributed by atoms with Gasteiger partial charge in [0.05, 0.1) is 19.8 Å². The van der Waals surface area contributed by atoms with E-state index >= 15 is 0 Å². The van der Waals surface area contributed by atoms with Gasteiger partial charge in [-0.05, 0) is 37.6 Å². The maximum atomic E-state index is 12.0. The molecule has 0 bridgehead atoms. The topological polar surface area (TPSA) is 44.8 Å². The maximum absolute atomic E-state index is 12.0. The maximum Gasteiger partial charge on any atom is 0.475 e. The summed E-state index contributed by atoms with van der Waals surface area (Å²) in [6.45, 7) is 3.97. The van der Waals surface area contributed by atoms with Crippen LogP contribution in [0, 0.1) is 0 Å². The van der Waals surface area contributed by atoms with Crippen LogP contribution in [0.2, 0.25) is 10.0 Å². The SMILES string of the molecule is CCOP(=O)(OCC)OCc1cc(Cl)cc(Cl)c1. The molecular formula is C11H15Cl2O4P. The minimum absolute atomic E-state index is 0.0531.